The molecule has 0 radical (unpaired) electrons. The molecule has 0 aliphatic heterocycles. The Bertz CT molecular complexity index is 3540. The van der Waals surface area contributed by atoms with Gasteiger partial charge >= 0.3 is 68.0 Å². The van der Waals surface area contributed by atoms with Crippen LogP contribution in [0.15, 0.2) is 213 Å². The van der Waals surface area contributed by atoms with Crippen LogP contribution in [0, 0.1) is 6.92 Å². The molecule has 9 rings (SSSR count). The van der Waals surface area contributed by atoms with Gasteiger partial charge in [0.2, 0.25) is 11.8 Å². The van der Waals surface area contributed by atoms with Gasteiger partial charge in [0.05, 0.1) is 28.8 Å². The van der Waals surface area contributed by atoms with Gasteiger partial charge in [0.1, 0.15) is 0 Å². The van der Waals surface area contributed by atoms with E-state index in [-0.39, 0.29) is 57.6 Å². The Balaban J connectivity index is 0.000000306. The topological polar surface area (TPSA) is 70.2 Å². The van der Waals surface area contributed by atoms with Crippen LogP contribution in [0.25, 0.3) is 32.3 Å². The Morgan fingerprint density at radius 2 is 0.837 bits per heavy atom. The van der Waals surface area contributed by atoms with Crippen LogP contribution >= 0.6 is 40.0 Å². The molecule has 9 aromatic carbocycles. The zero-order chi connectivity index (χ0) is 61.5. The average Bonchev–Trinajstić information content (AvgIpc) is 3.65. The summed E-state index contributed by atoms with van der Waals surface area (Å²) >= 11 is 4.74. The number of benzene rings is 9. The van der Waals surface area contributed by atoms with Crippen molar-refractivity contribution in [2.75, 3.05) is 6.54 Å². The average molecular weight is 1450 g/mol. The van der Waals surface area contributed by atoms with Gasteiger partial charge < -0.3 is 16.0 Å². The maximum atomic E-state index is 12.8. The number of nitrogens with one attached hydrogen (secondary N) is 3. The summed E-state index contributed by atoms with van der Waals surface area (Å²) in [4.78, 5) is 23.6. The predicted molar refractivity (Wildman–Crippen MR) is 349 cm³/mol. The predicted octanol–water partition coefficient (Wildman–Crippen LogP) is 21.1. The number of alkyl halides is 9. The van der Waals surface area contributed by atoms with Crippen molar-refractivity contribution in [3.63, 3.8) is 0 Å². The molecular formula is C69H72F9I2N3O2V. The van der Waals surface area contributed by atoms with Gasteiger partial charge in [-0.3, -0.25) is 9.59 Å². The first kappa shape index (κ1) is 74.1. The summed E-state index contributed by atoms with van der Waals surface area (Å²) in [6.45, 7) is 11.8. The number of hydrogen-bond donors (Lipinski definition) is 3. The number of rotatable bonds is 14. The summed E-state index contributed by atoms with van der Waals surface area (Å²) in [5.41, 5.74) is 3.37. The van der Waals surface area contributed by atoms with Gasteiger partial charge in [-0.2, -0.15) is 39.5 Å². The van der Waals surface area contributed by atoms with Gasteiger partial charge in [-0.25, -0.2) is 0 Å². The van der Waals surface area contributed by atoms with Crippen LogP contribution in [0.4, 0.5) is 39.5 Å². The third-order valence-electron chi connectivity index (χ3n) is 13.4. The van der Waals surface area contributed by atoms with Crippen molar-refractivity contribution >= 4 is 84.1 Å². The molecule has 2 amide bonds. The van der Waals surface area contributed by atoms with Gasteiger partial charge in [-0.05, 0) is 138 Å². The molecular weight excluding hydrogens is 1380 g/mol. The van der Waals surface area contributed by atoms with Crippen LogP contribution in [-0.4, -0.2) is 18.4 Å². The first-order chi connectivity index (χ1) is 39.9. The second-order valence-electron chi connectivity index (χ2n) is 19.5. The van der Waals surface area contributed by atoms with Crippen molar-refractivity contribution in [1.82, 2.24) is 16.0 Å². The molecule has 0 bridgehead atoms. The van der Waals surface area contributed by atoms with E-state index >= 15 is 0 Å². The minimum atomic E-state index is -4.37. The van der Waals surface area contributed by atoms with Crippen molar-refractivity contribution in [3.8, 4) is 0 Å². The summed E-state index contributed by atoms with van der Waals surface area (Å²) in [6, 6.07) is 58.6. The molecule has 3 atom stereocenters. The molecule has 0 aliphatic rings. The number of halogens is 11. The number of amides is 2. The summed E-state index contributed by atoms with van der Waals surface area (Å²) in [6.07, 6.45) is -9.77. The zero-order valence-electron chi connectivity index (χ0n) is 46.5. The molecule has 5 nitrogen and oxygen atoms in total. The molecule has 0 aromatic heterocycles. The Morgan fingerprint density at radius 3 is 1.23 bits per heavy atom. The fourth-order valence-electron chi connectivity index (χ4n) is 9.23. The van der Waals surface area contributed by atoms with Crippen LogP contribution in [0.1, 0.15) is 117 Å². The van der Waals surface area contributed by atoms with E-state index in [2.05, 4.69) is 118 Å². The first-order valence-corrected chi connectivity index (χ1v) is 35.7. The minimum absolute atomic E-state index is 0. The van der Waals surface area contributed by atoms with Gasteiger partial charge in [-0.1, -0.05) is 209 Å². The SMILES string of the molecule is C.C.C=CC(=O)NC(C)c1cccc2ccccc12.CC(NC(=O)CCc1cccc(C(F)(F)F)c1)c1cccc2ccccc12.CC(NCCCc1cccc(C(F)(F)F)c1)c1cccc2ccccc12.Cc1cccc(C(F)(F)F)c1.[I][V][I]. The molecule has 0 fully saturated rings. The molecule has 3 N–H and O–H groups in total. The summed E-state index contributed by atoms with van der Waals surface area (Å²) in [5.74, 6) is -0.335. The normalized spacial score (nSPS) is 12.0. The van der Waals surface area contributed by atoms with Gasteiger partial charge in [0.25, 0.3) is 0 Å². The summed E-state index contributed by atoms with van der Waals surface area (Å²) in [7, 11) is 0.628. The van der Waals surface area contributed by atoms with Gasteiger partial charge in [0, 0.05) is 12.5 Å². The number of carbonyl (C=O) groups excluding carboxylic acids is 2. The molecule has 0 saturated carbocycles. The van der Waals surface area contributed by atoms with E-state index in [4.69, 9.17) is 0 Å². The van der Waals surface area contributed by atoms with Crippen LogP contribution in [0.2, 0.25) is 0 Å². The van der Waals surface area contributed by atoms with E-state index in [9.17, 15) is 49.1 Å². The molecule has 0 heterocycles. The third kappa shape index (κ3) is 23.8. The van der Waals surface area contributed by atoms with Crippen molar-refractivity contribution < 1.29 is 58.6 Å². The summed E-state index contributed by atoms with van der Waals surface area (Å²) in [5, 5.41) is 16.3. The molecule has 0 spiro atoms. The van der Waals surface area contributed by atoms with Crippen LogP contribution in [0.5, 0.6) is 0 Å². The molecule has 9 aromatic rings. The Hall–Kier alpha value is -6.19. The maximum absolute atomic E-state index is 12.8. The van der Waals surface area contributed by atoms with Crippen molar-refractivity contribution in [1.29, 1.82) is 0 Å². The Kier molecular flexibility index (Phi) is 31.2. The van der Waals surface area contributed by atoms with E-state index in [0.29, 0.717) is 27.0 Å². The van der Waals surface area contributed by atoms with E-state index in [1.807, 2.05) is 92.7 Å². The molecule has 17 heteroatoms. The monoisotopic (exact) mass is 1450 g/mol. The summed E-state index contributed by atoms with van der Waals surface area (Å²) < 4.78 is 113. The Morgan fingerprint density at radius 1 is 0.488 bits per heavy atom. The van der Waals surface area contributed by atoms with E-state index < -0.39 is 35.2 Å². The molecule has 0 saturated heterocycles. The number of fused-ring (bicyclic) bond motifs is 3. The number of aryl methyl sites for hydroxylation is 3. The number of carbonyl (C=O) groups is 2. The molecule has 86 heavy (non-hydrogen) atoms. The van der Waals surface area contributed by atoms with Crippen LogP contribution in [0.3, 0.4) is 0 Å². The second-order valence-corrected chi connectivity index (χ2v) is 31.3. The first-order valence-electron chi connectivity index (χ1n) is 26.7. The third-order valence-corrected chi connectivity index (χ3v) is 13.4. The van der Waals surface area contributed by atoms with Crippen molar-refractivity contribution in [3.05, 3.63) is 263 Å². The fraction of sp³-hybridized carbons (Fsp3) is 0.246. The van der Waals surface area contributed by atoms with E-state index in [1.54, 1.807) is 25.1 Å². The standard InChI is InChI=1S/C22H20F3NO.C22H22F3N.C15H15NO.C8H7F3.2CH4.2HI.V/c1-15(19-11-5-8-17-7-2-3-10-20(17)19)26-21(27)13-12-16-6-4-9-18(14-16)22(23,24)25;1-16(20-13-5-10-18-9-2-3-12-21(18)20)26-14-6-8-17-7-4-11-19(15-17)22(23,24)25;1-3-15(17)16-11(2)13-10-6-8-12-7-4-5-9-14(12)13;1-6-3-2-4-7(5-6)8(9,10)11;;;;;/h2-11,14-15H,12-13H2,1H3,(H,26,27);2-5,7,9-13,15-16,26H,6,8,14H2,1H3;3-11H,1H2,2H3,(H,16,17);2-5H,1H3;2*1H4;2*1H;/q;;;;;;;;+2/p-2. The van der Waals surface area contributed by atoms with Gasteiger partial charge in [0.15, 0.2) is 0 Å². The van der Waals surface area contributed by atoms with Crippen molar-refractivity contribution in [2.45, 2.75) is 105 Å². The van der Waals surface area contributed by atoms with E-state index in [1.165, 1.54) is 57.4 Å². The van der Waals surface area contributed by atoms with Crippen LogP contribution in [-0.2, 0) is 50.4 Å². The van der Waals surface area contributed by atoms with Crippen molar-refractivity contribution in [2.24, 2.45) is 0 Å². The van der Waals surface area contributed by atoms with Crippen LogP contribution < -0.4 is 16.0 Å². The molecule has 0 aliphatic carbocycles. The van der Waals surface area contributed by atoms with E-state index in [0.717, 1.165) is 70.8 Å². The quantitative estimate of drug-likeness (QED) is 0.0440. The zero-order valence-corrected chi connectivity index (χ0v) is 52.2. The Labute approximate surface area is 528 Å². The fourth-order valence-corrected chi connectivity index (χ4v) is 9.23. The second kappa shape index (κ2) is 36.2. The molecule has 3 unspecified atom stereocenters. The number of hydrogen-bond acceptors (Lipinski definition) is 3. The molecule has 457 valence electrons. The van der Waals surface area contributed by atoms with Gasteiger partial charge in [-0.15, -0.1) is 0 Å².